The second kappa shape index (κ2) is 4.22. The molecular formula is C15H24N2O. The summed E-state index contributed by atoms with van der Waals surface area (Å²) in [7, 11) is 0. The Kier molecular flexibility index (Phi) is 2.65. The molecule has 1 amide bonds. The van der Waals surface area contributed by atoms with Crippen LogP contribution in [0.4, 0.5) is 0 Å². The van der Waals surface area contributed by atoms with Gasteiger partial charge in [-0.15, -0.1) is 0 Å². The van der Waals surface area contributed by atoms with Gasteiger partial charge in [0.25, 0.3) is 0 Å². The fraction of sp³-hybridized carbons (Fsp3) is 0.933. The maximum Gasteiger partial charge on any atom is 0.226 e. The number of piperidine rings is 1. The fourth-order valence-corrected chi connectivity index (χ4v) is 4.80. The zero-order valence-corrected chi connectivity index (χ0v) is 11.1. The number of nitrogens with one attached hydrogen (secondary N) is 1. The van der Waals surface area contributed by atoms with E-state index in [-0.39, 0.29) is 0 Å². The highest BCUT2D eigenvalue weighted by Gasteiger charge is 2.56. The Hall–Kier alpha value is -0.570. The van der Waals surface area contributed by atoms with Crippen molar-refractivity contribution >= 4 is 5.91 Å². The fourth-order valence-electron chi connectivity index (χ4n) is 4.80. The van der Waals surface area contributed by atoms with E-state index in [9.17, 15) is 4.79 Å². The molecule has 2 saturated carbocycles. The minimum Gasteiger partial charge on any atom is -0.341 e. The van der Waals surface area contributed by atoms with Gasteiger partial charge in [-0.2, -0.15) is 0 Å². The molecule has 0 aromatic rings. The number of likely N-dealkylation sites (tertiary alicyclic amines) is 1. The van der Waals surface area contributed by atoms with Gasteiger partial charge in [-0.1, -0.05) is 12.8 Å². The van der Waals surface area contributed by atoms with Gasteiger partial charge in [0.05, 0.1) is 0 Å². The van der Waals surface area contributed by atoms with Crippen LogP contribution in [0.5, 0.6) is 0 Å². The average Bonchev–Trinajstić information content (AvgIpc) is 2.97. The molecule has 18 heavy (non-hydrogen) atoms. The molecule has 1 N–H and O–H groups in total. The number of amides is 1. The number of hydrogen-bond acceptors (Lipinski definition) is 2. The van der Waals surface area contributed by atoms with E-state index in [0.717, 1.165) is 37.4 Å². The SMILES string of the molecule is O=C(C1C2CCCCC21)N1C[C@@H]2CCCN[C@@H]2C1. The topological polar surface area (TPSA) is 32.3 Å². The van der Waals surface area contributed by atoms with Crippen molar-refractivity contribution in [1.29, 1.82) is 0 Å². The zero-order valence-electron chi connectivity index (χ0n) is 11.1. The van der Waals surface area contributed by atoms with Crippen LogP contribution in [0.3, 0.4) is 0 Å². The van der Waals surface area contributed by atoms with Crippen molar-refractivity contribution in [3.05, 3.63) is 0 Å². The summed E-state index contributed by atoms with van der Waals surface area (Å²) in [6.07, 6.45) is 7.96. The average molecular weight is 248 g/mol. The predicted molar refractivity (Wildman–Crippen MR) is 70.0 cm³/mol. The van der Waals surface area contributed by atoms with Crippen molar-refractivity contribution in [2.24, 2.45) is 23.7 Å². The highest BCUT2D eigenvalue weighted by atomic mass is 16.2. The van der Waals surface area contributed by atoms with Gasteiger partial charge in [0.2, 0.25) is 5.91 Å². The van der Waals surface area contributed by atoms with E-state index in [1.54, 1.807) is 0 Å². The standard InChI is InChI=1S/C15H24N2O/c18-15(14-11-5-1-2-6-12(11)14)17-8-10-4-3-7-16-13(10)9-17/h10-14,16H,1-9H2/t10-,11?,12?,13+,14?/m0/s1. The Morgan fingerprint density at radius 1 is 1.00 bits per heavy atom. The molecule has 4 rings (SSSR count). The monoisotopic (exact) mass is 248 g/mol. The molecule has 2 heterocycles. The Bertz CT molecular complexity index is 330. The van der Waals surface area contributed by atoms with Gasteiger partial charge < -0.3 is 10.2 Å². The molecule has 4 atom stereocenters. The van der Waals surface area contributed by atoms with E-state index in [2.05, 4.69) is 10.2 Å². The number of nitrogens with zero attached hydrogens (tertiary/aromatic N) is 1. The van der Waals surface area contributed by atoms with Gasteiger partial charge in [-0.05, 0) is 50.0 Å². The Morgan fingerprint density at radius 2 is 1.78 bits per heavy atom. The first kappa shape index (κ1) is 11.3. The van der Waals surface area contributed by atoms with E-state index in [4.69, 9.17) is 0 Å². The summed E-state index contributed by atoms with van der Waals surface area (Å²) < 4.78 is 0. The largest absolute Gasteiger partial charge is 0.341 e. The summed E-state index contributed by atoms with van der Waals surface area (Å²) in [5.74, 6) is 3.20. The van der Waals surface area contributed by atoms with Crippen LogP contribution in [0.25, 0.3) is 0 Å². The van der Waals surface area contributed by atoms with Crippen molar-refractivity contribution in [2.75, 3.05) is 19.6 Å². The Morgan fingerprint density at radius 3 is 2.50 bits per heavy atom. The first-order chi connectivity index (χ1) is 8.84. The van der Waals surface area contributed by atoms with Crippen molar-refractivity contribution in [1.82, 2.24) is 10.2 Å². The number of carbonyl (C=O) groups excluding carboxylic acids is 1. The molecule has 0 spiro atoms. The second-order valence-corrected chi connectivity index (χ2v) is 6.84. The molecule has 2 aliphatic carbocycles. The van der Waals surface area contributed by atoms with Crippen LogP contribution in [0.1, 0.15) is 38.5 Å². The van der Waals surface area contributed by atoms with Gasteiger partial charge in [-0.3, -0.25) is 4.79 Å². The summed E-state index contributed by atoms with van der Waals surface area (Å²) in [6.45, 7) is 3.17. The summed E-state index contributed by atoms with van der Waals surface area (Å²) >= 11 is 0. The lowest BCUT2D eigenvalue weighted by Crippen LogP contribution is -2.41. The lowest BCUT2D eigenvalue weighted by molar-refractivity contribution is -0.132. The van der Waals surface area contributed by atoms with Crippen LogP contribution in [0, 0.1) is 23.7 Å². The van der Waals surface area contributed by atoms with Crippen molar-refractivity contribution < 1.29 is 4.79 Å². The predicted octanol–water partition coefficient (Wildman–Crippen LogP) is 1.63. The lowest BCUT2D eigenvalue weighted by atomic mass is 9.94. The van der Waals surface area contributed by atoms with Crippen molar-refractivity contribution in [2.45, 2.75) is 44.6 Å². The van der Waals surface area contributed by atoms with Crippen LogP contribution in [0.15, 0.2) is 0 Å². The molecular weight excluding hydrogens is 224 g/mol. The van der Waals surface area contributed by atoms with E-state index >= 15 is 0 Å². The first-order valence-electron chi connectivity index (χ1n) is 7.87. The van der Waals surface area contributed by atoms with Crippen LogP contribution in [0.2, 0.25) is 0 Å². The Labute approximate surface area is 109 Å². The Balaban J connectivity index is 1.41. The minimum absolute atomic E-state index is 0.424. The molecule has 4 aliphatic rings. The number of rotatable bonds is 1. The van der Waals surface area contributed by atoms with Crippen molar-refractivity contribution in [3.8, 4) is 0 Å². The molecule has 2 aliphatic heterocycles. The third-order valence-corrected chi connectivity index (χ3v) is 5.85. The van der Waals surface area contributed by atoms with Gasteiger partial charge in [-0.25, -0.2) is 0 Å². The summed E-state index contributed by atoms with van der Waals surface area (Å²) in [4.78, 5) is 14.8. The quantitative estimate of drug-likeness (QED) is 0.765. The molecule has 0 aromatic heterocycles. The molecule has 0 bridgehead atoms. The van der Waals surface area contributed by atoms with Crippen LogP contribution >= 0.6 is 0 Å². The molecule has 100 valence electrons. The van der Waals surface area contributed by atoms with Crippen LogP contribution in [-0.2, 0) is 4.79 Å². The highest BCUT2D eigenvalue weighted by Crippen LogP contribution is 2.56. The minimum atomic E-state index is 0.424. The number of hydrogen-bond donors (Lipinski definition) is 1. The maximum atomic E-state index is 12.6. The molecule has 4 fully saturated rings. The van der Waals surface area contributed by atoms with E-state index in [0.29, 0.717) is 17.9 Å². The van der Waals surface area contributed by atoms with Gasteiger partial charge in [0, 0.05) is 25.0 Å². The highest BCUT2D eigenvalue weighted by molar-refractivity contribution is 5.82. The molecule has 2 saturated heterocycles. The third-order valence-electron chi connectivity index (χ3n) is 5.85. The molecule has 0 aromatic carbocycles. The normalized spacial score (nSPS) is 46.4. The van der Waals surface area contributed by atoms with E-state index in [1.165, 1.54) is 38.5 Å². The number of fused-ring (bicyclic) bond motifs is 2. The summed E-state index contributed by atoms with van der Waals surface area (Å²) in [6, 6.07) is 0.600. The number of carbonyl (C=O) groups is 1. The smallest absolute Gasteiger partial charge is 0.226 e. The van der Waals surface area contributed by atoms with Gasteiger partial charge in [0.1, 0.15) is 0 Å². The lowest BCUT2D eigenvalue weighted by Gasteiger charge is -2.24. The summed E-state index contributed by atoms with van der Waals surface area (Å²) in [5.41, 5.74) is 0. The van der Waals surface area contributed by atoms with E-state index < -0.39 is 0 Å². The molecule has 3 nitrogen and oxygen atoms in total. The van der Waals surface area contributed by atoms with Crippen LogP contribution in [-0.4, -0.2) is 36.5 Å². The molecule has 0 radical (unpaired) electrons. The maximum absolute atomic E-state index is 12.6. The van der Waals surface area contributed by atoms with Gasteiger partial charge in [0.15, 0.2) is 0 Å². The van der Waals surface area contributed by atoms with Crippen molar-refractivity contribution in [3.63, 3.8) is 0 Å². The zero-order chi connectivity index (χ0) is 12.1. The third kappa shape index (κ3) is 1.70. The first-order valence-corrected chi connectivity index (χ1v) is 7.87. The second-order valence-electron chi connectivity index (χ2n) is 6.84. The van der Waals surface area contributed by atoms with E-state index in [1.807, 2.05) is 0 Å². The van der Waals surface area contributed by atoms with Crippen LogP contribution < -0.4 is 5.32 Å². The molecule has 3 heteroatoms. The van der Waals surface area contributed by atoms with Gasteiger partial charge >= 0.3 is 0 Å². The summed E-state index contributed by atoms with van der Waals surface area (Å²) in [5, 5.41) is 3.59. The molecule has 2 unspecified atom stereocenters.